The minimum absolute atomic E-state index is 0.0506. The zero-order chi connectivity index (χ0) is 16.6. The predicted octanol–water partition coefficient (Wildman–Crippen LogP) is 3.92. The summed E-state index contributed by atoms with van der Waals surface area (Å²) in [5, 5.41) is 31.6. The van der Waals surface area contributed by atoms with Gasteiger partial charge in [-0.1, -0.05) is 34.6 Å². The highest BCUT2D eigenvalue weighted by atomic mass is 16.6. The van der Waals surface area contributed by atoms with Crippen LogP contribution in [0.1, 0.15) is 46.6 Å². The summed E-state index contributed by atoms with van der Waals surface area (Å²) in [5.74, 6) is -0.902. The van der Waals surface area contributed by atoms with Gasteiger partial charge in [-0.2, -0.15) is 0 Å². The van der Waals surface area contributed by atoms with E-state index in [1.165, 1.54) is 12.1 Å². The zero-order valence-electron chi connectivity index (χ0n) is 12.8. The fraction of sp³-hybridized carbons (Fsp3) is 0.571. The van der Waals surface area contributed by atoms with Gasteiger partial charge in [-0.05, 0) is 22.8 Å². The van der Waals surface area contributed by atoms with Crippen LogP contribution in [0.25, 0.3) is 0 Å². The molecule has 0 saturated carbocycles. The Kier molecular flexibility index (Phi) is 4.26. The van der Waals surface area contributed by atoms with Crippen molar-refractivity contribution in [1.82, 2.24) is 0 Å². The first kappa shape index (κ1) is 16.9. The maximum Gasteiger partial charge on any atom is 0.318 e. The molecule has 1 N–H and O–H groups in total. The highest BCUT2D eigenvalue weighted by Gasteiger charge is 2.33. The molecule has 1 rings (SSSR count). The van der Waals surface area contributed by atoms with Gasteiger partial charge < -0.3 is 5.11 Å². The van der Waals surface area contributed by atoms with Gasteiger partial charge in [0.05, 0.1) is 9.85 Å². The molecule has 7 nitrogen and oxygen atoms in total. The van der Waals surface area contributed by atoms with Gasteiger partial charge in [0.15, 0.2) is 0 Å². The van der Waals surface area contributed by atoms with Gasteiger partial charge in [0.25, 0.3) is 5.75 Å². The fourth-order valence-corrected chi connectivity index (χ4v) is 2.70. The molecule has 0 aliphatic rings. The van der Waals surface area contributed by atoms with Crippen molar-refractivity contribution < 1.29 is 15.0 Å². The summed E-state index contributed by atoms with van der Waals surface area (Å²) in [5.41, 5.74) is -1.36. The van der Waals surface area contributed by atoms with E-state index >= 15 is 0 Å². The molecule has 21 heavy (non-hydrogen) atoms. The normalized spacial score (nSPS) is 12.2. The van der Waals surface area contributed by atoms with E-state index in [9.17, 15) is 25.3 Å². The molecule has 0 aliphatic heterocycles. The highest BCUT2D eigenvalue weighted by molar-refractivity contribution is 5.62. The van der Waals surface area contributed by atoms with Crippen molar-refractivity contribution in [3.8, 4) is 5.75 Å². The lowest BCUT2D eigenvalue weighted by Crippen LogP contribution is -2.25. The predicted molar refractivity (Wildman–Crippen MR) is 78.5 cm³/mol. The van der Waals surface area contributed by atoms with Crippen LogP contribution in [0.5, 0.6) is 5.75 Å². The van der Waals surface area contributed by atoms with Crippen LogP contribution in [-0.2, 0) is 5.41 Å². The Hall–Kier alpha value is -2.18. The van der Waals surface area contributed by atoms with Crippen LogP contribution in [0.4, 0.5) is 11.4 Å². The van der Waals surface area contributed by atoms with Crippen LogP contribution in [0.2, 0.25) is 0 Å². The Labute approximate surface area is 122 Å². The summed E-state index contributed by atoms with van der Waals surface area (Å²) in [6.45, 7) is 9.82. The molecule has 0 bridgehead atoms. The van der Waals surface area contributed by atoms with Gasteiger partial charge in [0.1, 0.15) is 0 Å². The second-order valence-corrected chi connectivity index (χ2v) is 7.00. The molecule has 1 aromatic rings. The first-order chi connectivity index (χ1) is 9.35. The number of phenolic OH excluding ortho intramolecular Hbond substituents is 1. The lowest BCUT2D eigenvalue weighted by atomic mass is 9.72. The Morgan fingerprint density at radius 1 is 1.00 bits per heavy atom. The first-order valence-electron chi connectivity index (χ1n) is 6.51. The first-order valence-corrected chi connectivity index (χ1v) is 6.51. The molecule has 0 fully saturated rings. The highest BCUT2D eigenvalue weighted by Crippen LogP contribution is 2.43. The summed E-state index contributed by atoms with van der Waals surface area (Å²) in [6.07, 6.45) is 0.680. The number of hydrogen-bond acceptors (Lipinski definition) is 5. The Morgan fingerprint density at radius 3 is 1.67 bits per heavy atom. The molecular weight excluding hydrogens is 276 g/mol. The van der Waals surface area contributed by atoms with Crippen molar-refractivity contribution in [3.05, 3.63) is 37.9 Å². The number of nitrogens with zero attached hydrogens (tertiary/aromatic N) is 2. The molecule has 0 heterocycles. The smallest absolute Gasteiger partial charge is 0.318 e. The van der Waals surface area contributed by atoms with Gasteiger partial charge in [-0.15, -0.1) is 0 Å². The van der Waals surface area contributed by atoms with Crippen LogP contribution >= 0.6 is 0 Å². The molecule has 0 spiro atoms. The van der Waals surface area contributed by atoms with Gasteiger partial charge in [-0.25, -0.2) is 0 Å². The van der Waals surface area contributed by atoms with Crippen LogP contribution < -0.4 is 0 Å². The van der Waals surface area contributed by atoms with E-state index in [0.29, 0.717) is 12.0 Å². The van der Waals surface area contributed by atoms with E-state index in [0.717, 1.165) is 0 Å². The SMILES string of the molecule is CC(C)(C)CC(C)(C)c1cc([N+](=O)[O-])c(O)c([N+](=O)[O-])c1. The number of phenols is 1. The van der Waals surface area contributed by atoms with Crippen LogP contribution in [0.15, 0.2) is 12.1 Å². The largest absolute Gasteiger partial charge is 0.497 e. The zero-order valence-corrected chi connectivity index (χ0v) is 12.8. The van der Waals surface area contributed by atoms with E-state index in [-0.39, 0.29) is 5.41 Å². The standard InChI is InChI=1S/C14H20N2O5/c1-13(2,3)8-14(4,5)9-6-10(15(18)19)12(17)11(7-9)16(20)21/h6-7,17H,8H2,1-5H3. The lowest BCUT2D eigenvalue weighted by molar-refractivity contribution is -0.396. The summed E-state index contributed by atoms with van der Waals surface area (Å²) in [4.78, 5) is 20.4. The molecule has 0 aliphatic carbocycles. The summed E-state index contributed by atoms with van der Waals surface area (Å²) in [7, 11) is 0. The van der Waals surface area contributed by atoms with Crippen molar-refractivity contribution in [1.29, 1.82) is 0 Å². The molecule has 0 unspecified atom stereocenters. The van der Waals surface area contributed by atoms with E-state index in [1.807, 2.05) is 34.6 Å². The molecule has 7 heteroatoms. The number of benzene rings is 1. The lowest BCUT2D eigenvalue weighted by Gasteiger charge is -2.32. The summed E-state index contributed by atoms with van der Waals surface area (Å²) >= 11 is 0. The van der Waals surface area contributed by atoms with Crippen LogP contribution in [0.3, 0.4) is 0 Å². The fourth-order valence-electron chi connectivity index (χ4n) is 2.70. The van der Waals surface area contributed by atoms with E-state index in [4.69, 9.17) is 0 Å². The van der Waals surface area contributed by atoms with E-state index < -0.39 is 32.4 Å². The molecule has 1 aromatic carbocycles. The monoisotopic (exact) mass is 296 g/mol. The van der Waals surface area contributed by atoms with Crippen molar-refractivity contribution in [2.45, 2.75) is 46.5 Å². The minimum Gasteiger partial charge on any atom is -0.497 e. The Bertz CT molecular complexity index is 553. The maximum absolute atomic E-state index is 11.0. The van der Waals surface area contributed by atoms with E-state index in [1.54, 1.807) is 0 Å². The molecule has 0 saturated heterocycles. The van der Waals surface area contributed by atoms with Gasteiger partial charge >= 0.3 is 11.4 Å². The third-order valence-corrected chi connectivity index (χ3v) is 3.22. The number of hydrogen-bond donors (Lipinski definition) is 1. The second kappa shape index (κ2) is 5.31. The third-order valence-electron chi connectivity index (χ3n) is 3.22. The van der Waals surface area contributed by atoms with E-state index in [2.05, 4.69) is 0 Å². The Morgan fingerprint density at radius 2 is 1.38 bits per heavy atom. The van der Waals surface area contributed by atoms with Crippen LogP contribution in [-0.4, -0.2) is 15.0 Å². The number of nitro benzene ring substituents is 2. The second-order valence-electron chi connectivity index (χ2n) is 7.00. The molecule has 0 aromatic heterocycles. The summed E-state index contributed by atoms with van der Waals surface area (Å²) in [6, 6.07) is 2.43. The molecule has 0 amide bonds. The van der Waals surface area contributed by atoms with Crippen molar-refractivity contribution in [3.63, 3.8) is 0 Å². The average molecular weight is 296 g/mol. The average Bonchev–Trinajstić information content (AvgIpc) is 2.24. The van der Waals surface area contributed by atoms with Crippen molar-refractivity contribution in [2.75, 3.05) is 0 Å². The maximum atomic E-state index is 11.0. The molecule has 0 radical (unpaired) electrons. The number of aromatic hydroxyl groups is 1. The molecule has 116 valence electrons. The van der Waals surface area contributed by atoms with Crippen molar-refractivity contribution in [2.24, 2.45) is 5.41 Å². The van der Waals surface area contributed by atoms with Crippen molar-refractivity contribution >= 4 is 11.4 Å². The van der Waals surface area contributed by atoms with Gasteiger partial charge in [-0.3, -0.25) is 20.2 Å². The topological polar surface area (TPSA) is 107 Å². The minimum atomic E-state index is -0.902. The number of nitro groups is 2. The molecule has 0 atom stereocenters. The van der Waals surface area contributed by atoms with Crippen LogP contribution in [0, 0.1) is 25.6 Å². The molecular formula is C14H20N2O5. The quantitative estimate of drug-likeness (QED) is 0.669. The van der Waals surface area contributed by atoms with Gasteiger partial charge in [0.2, 0.25) is 0 Å². The third kappa shape index (κ3) is 3.90. The summed E-state index contributed by atoms with van der Waals surface area (Å²) < 4.78 is 0. The van der Waals surface area contributed by atoms with Gasteiger partial charge in [0, 0.05) is 12.1 Å². The Balaban J connectivity index is 3.50. The number of rotatable bonds is 4.